The van der Waals surface area contributed by atoms with E-state index in [4.69, 9.17) is 0 Å². The number of nitrogens with one attached hydrogen (secondary N) is 1. The molecule has 5 nitrogen and oxygen atoms in total. The third-order valence-electron chi connectivity index (χ3n) is 4.96. The molecule has 0 aliphatic carbocycles. The summed E-state index contributed by atoms with van der Waals surface area (Å²) in [5.74, 6) is -1.30. The molecule has 33 heavy (non-hydrogen) atoms. The first-order valence-electron chi connectivity index (χ1n) is 9.97. The molecular formula is C25H17BrFN3O2S. The molecule has 3 aromatic rings. The van der Waals surface area contributed by atoms with Crippen LogP contribution in [0.25, 0.3) is 0 Å². The summed E-state index contributed by atoms with van der Waals surface area (Å²) in [6.07, 6.45) is 0.446. The smallest absolute Gasteiger partial charge is 0.269 e. The van der Waals surface area contributed by atoms with Crippen molar-refractivity contribution in [3.8, 4) is 6.07 Å². The highest BCUT2D eigenvalue weighted by Crippen LogP contribution is 2.42. The number of benzene rings is 3. The highest BCUT2D eigenvalue weighted by Gasteiger charge is 2.40. The van der Waals surface area contributed by atoms with Crippen molar-refractivity contribution in [1.29, 1.82) is 5.26 Å². The zero-order chi connectivity index (χ0) is 23.4. The number of thioether (sulfide) groups is 1. The standard InChI is InChI=1S/C25H17BrFN3O2S/c26-17-8-6-16(7-9-17)14-22-24(32)30(20-4-2-1-3-5-20)25(33-22)21(15-28)23(31)29-19-12-10-18(27)11-13-19/h1-13,22H,14H2,(H,29,31)/b25-21-/t22-/m0/s1. The predicted octanol–water partition coefficient (Wildman–Crippen LogP) is 5.65. The van der Waals surface area contributed by atoms with Crippen molar-refractivity contribution < 1.29 is 14.0 Å². The minimum atomic E-state index is -0.662. The first-order valence-corrected chi connectivity index (χ1v) is 11.6. The molecule has 4 rings (SSSR count). The van der Waals surface area contributed by atoms with Crippen LogP contribution in [0.1, 0.15) is 5.56 Å². The van der Waals surface area contributed by atoms with Crippen LogP contribution in [-0.4, -0.2) is 17.1 Å². The van der Waals surface area contributed by atoms with Gasteiger partial charge in [0.15, 0.2) is 0 Å². The van der Waals surface area contributed by atoms with Crippen molar-refractivity contribution in [2.75, 3.05) is 10.2 Å². The summed E-state index contributed by atoms with van der Waals surface area (Å²) in [5.41, 5.74) is 1.71. The summed E-state index contributed by atoms with van der Waals surface area (Å²) < 4.78 is 14.1. The quantitative estimate of drug-likeness (QED) is 0.347. The van der Waals surface area contributed by atoms with Gasteiger partial charge in [0.1, 0.15) is 22.5 Å². The van der Waals surface area contributed by atoms with E-state index < -0.39 is 17.0 Å². The molecule has 8 heteroatoms. The normalized spacial score (nSPS) is 16.9. The van der Waals surface area contributed by atoms with Gasteiger partial charge in [0, 0.05) is 15.8 Å². The Morgan fingerprint density at radius 1 is 1.06 bits per heavy atom. The molecule has 0 unspecified atom stereocenters. The van der Waals surface area contributed by atoms with E-state index in [-0.39, 0.29) is 16.5 Å². The number of hydrogen-bond acceptors (Lipinski definition) is 4. The Hall–Kier alpha value is -3.41. The summed E-state index contributed by atoms with van der Waals surface area (Å²) in [6.45, 7) is 0. The second kappa shape index (κ2) is 10.0. The van der Waals surface area contributed by atoms with Crippen molar-refractivity contribution in [2.24, 2.45) is 0 Å². The van der Waals surface area contributed by atoms with Gasteiger partial charge >= 0.3 is 0 Å². The van der Waals surface area contributed by atoms with E-state index in [1.807, 2.05) is 36.4 Å². The average Bonchev–Trinajstić information content (AvgIpc) is 3.13. The molecule has 1 fully saturated rings. The molecule has 3 aromatic carbocycles. The van der Waals surface area contributed by atoms with E-state index in [1.54, 1.807) is 24.3 Å². The summed E-state index contributed by atoms with van der Waals surface area (Å²) in [5, 5.41) is 12.2. The van der Waals surface area contributed by atoms with Crippen LogP contribution in [0.4, 0.5) is 15.8 Å². The van der Waals surface area contributed by atoms with Crippen LogP contribution in [0, 0.1) is 17.1 Å². The number of hydrogen-bond donors (Lipinski definition) is 1. The molecule has 1 atom stereocenters. The van der Waals surface area contributed by atoms with Gasteiger partial charge in [-0.2, -0.15) is 5.26 Å². The lowest BCUT2D eigenvalue weighted by Gasteiger charge is -2.18. The third-order valence-corrected chi connectivity index (χ3v) is 6.75. The number of para-hydroxylation sites is 1. The highest BCUT2D eigenvalue weighted by atomic mass is 79.9. The molecule has 1 aliphatic heterocycles. The number of nitrogens with zero attached hydrogens (tertiary/aromatic N) is 2. The van der Waals surface area contributed by atoms with Crippen molar-refractivity contribution in [2.45, 2.75) is 11.7 Å². The van der Waals surface area contributed by atoms with Crippen molar-refractivity contribution in [3.05, 3.63) is 105 Å². The van der Waals surface area contributed by atoms with Crippen LogP contribution in [0.15, 0.2) is 93.9 Å². The minimum Gasteiger partial charge on any atom is -0.321 e. The third kappa shape index (κ3) is 5.16. The number of carbonyl (C=O) groups excluding carboxylic acids is 2. The van der Waals surface area contributed by atoms with Gasteiger partial charge < -0.3 is 5.32 Å². The van der Waals surface area contributed by atoms with E-state index in [2.05, 4.69) is 21.2 Å². The second-order valence-corrected chi connectivity index (χ2v) is 9.31. The van der Waals surface area contributed by atoms with Gasteiger partial charge in [-0.15, -0.1) is 0 Å². The van der Waals surface area contributed by atoms with E-state index in [1.165, 1.54) is 40.9 Å². The van der Waals surface area contributed by atoms with Crippen LogP contribution < -0.4 is 10.2 Å². The SMILES string of the molecule is N#C/C(C(=O)Nc1ccc(F)cc1)=C1/S[C@@H](Cc2ccc(Br)cc2)C(=O)N1c1ccccc1. The van der Waals surface area contributed by atoms with Gasteiger partial charge in [-0.05, 0) is 60.5 Å². The van der Waals surface area contributed by atoms with E-state index >= 15 is 0 Å². The molecule has 2 amide bonds. The molecule has 0 aromatic heterocycles. The lowest BCUT2D eigenvalue weighted by molar-refractivity contribution is -0.117. The van der Waals surface area contributed by atoms with Crippen LogP contribution in [0.3, 0.4) is 0 Å². The van der Waals surface area contributed by atoms with Crippen LogP contribution in [-0.2, 0) is 16.0 Å². The second-order valence-electron chi connectivity index (χ2n) is 7.20. The van der Waals surface area contributed by atoms with Crippen molar-refractivity contribution >= 4 is 50.9 Å². The van der Waals surface area contributed by atoms with Gasteiger partial charge in [-0.25, -0.2) is 4.39 Å². The van der Waals surface area contributed by atoms with E-state index in [0.29, 0.717) is 17.8 Å². The summed E-state index contributed by atoms with van der Waals surface area (Å²) >= 11 is 4.60. The fourth-order valence-corrected chi connectivity index (χ4v) is 4.93. The number of halogens is 2. The molecule has 1 aliphatic rings. The fourth-order valence-electron chi connectivity index (χ4n) is 3.36. The Labute approximate surface area is 203 Å². The number of anilines is 2. The Balaban J connectivity index is 1.70. The number of nitriles is 1. The molecule has 0 bridgehead atoms. The Morgan fingerprint density at radius 2 is 1.73 bits per heavy atom. The van der Waals surface area contributed by atoms with Gasteiger partial charge in [0.25, 0.3) is 5.91 Å². The lowest BCUT2D eigenvalue weighted by Crippen LogP contribution is -2.30. The van der Waals surface area contributed by atoms with E-state index in [0.717, 1.165) is 10.0 Å². The molecule has 164 valence electrons. The zero-order valence-electron chi connectivity index (χ0n) is 17.2. The predicted molar refractivity (Wildman–Crippen MR) is 131 cm³/mol. The van der Waals surface area contributed by atoms with Crippen LogP contribution >= 0.6 is 27.7 Å². The molecular weight excluding hydrogens is 505 g/mol. The van der Waals surface area contributed by atoms with Crippen molar-refractivity contribution in [3.63, 3.8) is 0 Å². The summed E-state index contributed by atoms with van der Waals surface area (Å²) in [6, 6.07) is 23.8. The molecule has 1 heterocycles. The fraction of sp³-hybridized carbons (Fsp3) is 0.0800. The number of carbonyl (C=O) groups is 2. The van der Waals surface area contributed by atoms with Crippen LogP contribution in [0.2, 0.25) is 0 Å². The Bertz CT molecular complexity index is 1260. The molecule has 0 spiro atoms. The van der Waals surface area contributed by atoms with Gasteiger partial charge in [0.2, 0.25) is 5.91 Å². The van der Waals surface area contributed by atoms with E-state index in [9.17, 15) is 19.2 Å². The van der Waals surface area contributed by atoms with Gasteiger partial charge in [-0.3, -0.25) is 14.5 Å². The first kappa shape index (κ1) is 22.8. The first-order chi connectivity index (χ1) is 16.0. The molecule has 1 N–H and O–H groups in total. The molecule has 0 saturated carbocycles. The number of amides is 2. The average molecular weight is 522 g/mol. The Morgan fingerprint density at radius 3 is 2.36 bits per heavy atom. The topological polar surface area (TPSA) is 73.2 Å². The lowest BCUT2D eigenvalue weighted by atomic mass is 10.1. The maximum atomic E-state index is 13.4. The van der Waals surface area contributed by atoms with Gasteiger partial charge in [-0.1, -0.05) is 58.0 Å². The maximum Gasteiger partial charge on any atom is 0.269 e. The molecule has 1 saturated heterocycles. The van der Waals surface area contributed by atoms with Crippen LogP contribution in [0.5, 0.6) is 0 Å². The summed E-state index contributed by atoms with van der Waals surface area (Å²) in [4.78, 5) is 27.8. The zero-order valence-corrected chi connectivity index (χ0v) is 19.6. The largest absolute Gasteiger partial charge is 0.321 e. The molecule has 0 radical (unpaired) electrons. The Kier molecular flexibility index (Phi) is 6.92. The highest BCUT2D eigenvalue weighted by molar-refractivity contribution is 9.10. The van der Waals surface area contributed by atoms with Crippen molar-refractivity contribution in [1.82, 2.24) is 0 Å². The van der Waals surface area contributed by atoms with Gasteiger partial charge in [0.05, 0.1) is 5.25 Å². The number of rotatable bonds is 5. The minimum absolute atomic E-state index is 0.181. The summed E-state index contributed by atoms with van der Waals surface area (Å²) in [7, 11) is 0. The monoisotopic (exact) mass is 521 g/mol. The maximum absolute atomic E-state index is 13.4.